The SMILES string of the molecule is COc1ccc(CNCc2cnc[nH]2)cc1. The van der Waals surface area contributed by atoms with E-state index in [1.807, 2.05) is 18.3 Å². The molecule has 1 aromatic carbocycles. The largest absolute Gasteiger partial charge is 0.497 e. The molecule has 1 heterocycles. The minimum absolute atomic E-state index is 0.798. The molecule has 0 radical (unpaired) electrons. The molecule has 0 atom stereocenters. The van der Waals surface area contributed by atoms with E-state index in [1.165, 1.54) is 5.56 Å². The predicted octanol–water partition coefficient (Wildman–Crippen LogP) is 1.71. The van der Waals surface area contributed by atoms with E-state index in [0.717, 1.165) is 24.5 Å². The summed E-state index contributed by atoms with van der Waals surface area (Å²) in [5, 5.41) is 3.33. The van der Waals surface area contributed by atoms with Crippen LogP contribution in [-0.2, 0) is 13.1 Å². The maximum absolute atomic E-state index is 5.10. The monoisotopic (exact) mass is 217 g/mol. The van der Waals surface area contributed by atoms with E-state index in [0.29, 0.717) is 0 Å². The minimum Gasteiger partial charge on any atom is -0.497 e. The van der Waals surface area contributed by atoms with E-state index >= 15 is 0 Å². The van der Waals surface area contributed by atoms with Gasteiger partial charge in [-0.3, -0.25) is 0 Å². The van der Waals surface area contributed by atoms with Gasteiger partial charge in [0.25, 0.3) is 0 Å². The molecular weight excluding hydrogens is 202 g/mol. The Morgan fingerprint density at radius 2 is 2.06 bits per heavy atom. The van der Waals surface area contributed by atoms with E-state index < -0.39 is 0 Å². The summed E-state index contributed by atoms with van der Waals surface area (Å²) in [4.78, 5) is 7.01. The first-order valence-electron chi connectivity index (χ1n) is 5.19. The second kappa shape index (κ2) is 5.32. The van der Waals surface area contributed by atoms with Crippen LogP contribution < -0.4 is 10.1 Å². The summed E-state index contributed by atoms with van der Waals surface area (Å²) >= 11 is 0. The van der Waals surface area contributed by atoms with Crippen molar-refractivity contribution < 1.29 is 4.74 Å². The molecule has 84 valence electrons. The number of benzene rings is 1. The molecule has 0 bridgehead atoms. The summed E-state index contributed by atoms with van der Waals surface area (Å²) < 4.78 is 5.10. The van der Waals surface area contributed by atoms with Crippen molar-refractivity contribution in [1.29, 1.82) is 0 Å². The minimum atomic E-state index is 0.798. The number of aromatic amines is 1. The van der Waals surface area contributed by atoms with Gasteiger partial charge in [0.05, 0.1) is 13.4 Å². The second-order valence-corrected chi connectivity index (χ2v) is 3.53. The second-order valence-electron chi connectivity index (χ2n) is 3.53. The lowest BCUT2D eigenvalue weighted by Crippen LogP contribution is -2.12. The first-order valence-corrected chi connectivity index (χ1v) is 5.19. The Morgan fingerprint density at radius 3 is 2.69 bits per heavy atom. The van der Waals surface area contributed by atoms with Crippen LogP contribution in [0, 0.1) is 0 Å². The Labute approximate surface area is 94.7 Å². The number of hydrogen-bond acceptors (Lipinski definition) is 3. The molecule has 2 aromatic rings. The fourth-order valence-corrected chi connectivity index (χ4v) is 1.47. The number of imidazole rings is 1. The Bertz CT molecular complexity index is 408. The van der Waals surface area contributed by atoms with Gasteiger partial charge in [0.1, 0.15) is 5.75 Å². The predicted molar refractivity (Wildman–Crippen MR) is 62.1 cm³/mol. The van der Waals surface area contributed by atoms with Crippen molar-refractivity contribution in [2.24, 2.45) is 0 Å². The average Bonchev–Trinajstić information content (AvgIpc) is 2.83. The van der Waals surface area contributed by atoms with E-state index in [-0.39, 0.29) is 0 Å². The first kappa shape index (κ1) is 10.7. The molecule has 16 heavy (non-hydrogen) atoms. The highest BCUT2D eigenvalue weighted by Crippen LogP contribution is 2.10. The van der Waals surface area contributed by atoms with Crippen LogP contribution in [0.5, 0.6) is 5.75 Å². The highest BCUT2D eigenvalue weighted by Gasteiger charge is 1.95. The number of aromatic nitrogens is 2. The Balaban J connectivity index is 1.81. The number of nitrogens with one attached hydrogen (secondary N) is 2. The van der Waals surface area contributed by atoms with Crippen molar-refractivity contribution >= 4 is 0 Å². The highest BCUT2D eigenvalue weighted by atomic mass is 16.5. The van der Waals surface area contributed by atoms with Crippen LogP contribution in [-0.4, -0.2) is 17.1 Å². The fraction of sp³-hybridized carbons (Fsp3) is 0.250. The van der Waals surface area contributed by atoms with Gasteiger partial charge in [-0.1, -0.05) is 12.1 Å². The van der Waals surface area contributed by atoms with Gasteiger partial charge in [-0.15, -0.1) is 0 Å². The quantitative estimate of drug-likeness (QED) is 0.801. The summed E-state index contributed by atoms with van der Waals surface area (Å²) in [6, 6.07) is 8.04. The number of H-pyrrole nitrogens is 1. The Morgan fingerprint density at radius 1 is 1.25 bits per heavy atom. The first-order chi connectivity index (χ1) is 7.88. The van der Waals surface area contributed by atoms with Gasteiger partial charge in [0.15, 0.2) is 0 Å². The Kier molecular flexibility index (Phi) is 3.56. The van der Waals surface area contributed by atoms with E-state index in [9.17, 15) is 0 Å². The van der Waals surface area contributed by atoms with Crippen molar-refractivity contribution in [3.63, 3.8) is 0 Å². The summed E-state index contributed by atoms with van der Waals surface area (Å²) in [7, 11) is 1.67. The molecule has 0 saturated carbocycles. The molecule has 4 nitrogen and oxygen atoms in total. The fourth-order valence-electron chi connectivity index (χ4n) is 1.47. The zero-order valence-corrected chi connectivity index (χ0v) is 9.23. The van der Waals surface area contributed by atoms with Gasteiger partial charge in [0.2, 0.25) is 0 Å². The molecule has 4 heteroatoms. The molecule has 0 unspecified atom stereocenters. The maximum Gasteiger partial charge on any atom is 0.118 e. The van der Waals surface area contributed by atoms with Gasteiger partial charge in [-0.25, -0.2) is 4.98 Å². The molecule has 0 amide bonds. The van der Waals surface area contributed by atoms with Crippen molar-refractivity contribution in [3.05, 3.63) is 48.0 Å². The topological polar surface area (TPSA) is 49.9 Å². The lowest BCUT2D eigenvalue weighted by molar-refractivity contribution is 0.414. The summed E-state index contributed by atoms with van der Waals surface area (Å²) in [6.45, 7) is 1.63. The molecular formula is C12H15N3O. The zero-order valence-electron chi connectivity index (χ0n) is 9.23. The standard InChI is InChI=1S/C12H15N3O/c1-16-12-4-2-10(3-5-12)6-13-7-11-8-14-9-15-11/h2-5,8-9,13H,6-7H2,1H3,(H,14,15). The summed E-state index contributed by atoms with van der Waals surface area (Å²) in [6.07, 6.45) is 3.51. The summed E-state index contributed by atoms with van der Waals surface area (Å²) in [5.41, 5.74) is 2.33. The van der Waals surface area contributed by atoms with Crippen LogP contribution in [0.1, 0.15) is 11.3 Å². The zero-order chi connectivity index (χ0) is 11.2. The number of nitrogens with zero attached hydrogens (tertiary/aromatic N) is 1. The van der Waals surface area contributed by atoms with Gasteiger partial charge < -0.3 is 15.0 Å². The normalized spacial score (nSPS) is 10.3. The van der Waals surface area contributed by atoms with Crippen LogP contribution in [0.15, 0.2) is 36.8 Å². The van der Waals surface area contributed by atoms with Crippen LogP contribution in [0.2, 0.25) is 0 Å². The van der Waals surface area contributed by atoms with Crippen LogP contribution in [0.3, 0.4) is 0 Å². The van der Waals surface area contributed by atoms with Crippen molar-refractivity contribution in [3.8, 4) is 5.75 Å². The molecule has 1 aromatic heterocycles. The van der Waals surface area contributed by atoms with E-state index in [1.54, 1.807) is 13.4 Å². The molecule has 0 fully saturated rings. The molecule has 0 aliphatic carbocycles. The van der Waals surface area contributed by atoms with Crippen LogP contribution in [0.4, 0.5) is 0 Å². The van der Waals surface area contributed by atoms with Crippen molar-refractivity contribution in [2.75, 3.05) is 7.11 Å². The number of ether oxygens (including phenoxy) is 1. The third kappa shape index (κ3) is 2.84. The lowest BCUT2D eigenvalue weighted by Gasteiger charge is -2.04. The van der Waals surface area contributed by atoms with Gasteiger partial charge in [-0.2, -0.15) is 0 Å². The van der Waals surface area contributed by atoms with E-state index in [2.05, 4.69) is 27.4 Å². The molecule has 0 aliphatic heterocycles. The van der Waals surface area contributed by atoms with Crippen molar-refractivity contribution in [1.82, 2.24) is 15.3 Å². The molecule has 2 N–H and O–H groups in total. The van der Waals surface area contributed by atoms with E-state index in [4.69, 9.17) is 4.74 Å². The number of hydrogen-bond donors (Lipinski definition) is 2. The van der Waals surface area contributed by atoms with Crippen molar-refractivity contribution in [2.45, 2.75) is 13.1 Å². The Hall–Kier alpha value is -1.81. The molecule has 2 rings (SSSR count). The van der Waals surface area contributed by atoms with Crippen LogP contribution in [0.25, 0.3) is 0 Å². The molecule has 0 spiro atoms. The number of methoxy groups -OCH3 is 1. The average molecular weight is 217 g/mol. The lowest BCUT2D eigenvalue weighted by atomic mass is 10.2. The van der Waals surface area contributed by atoms with Gasteiger partial charge in [0, 0.05) is 25.0 Å². The van der Waals surface area contributed by atoms with Gasteiger partial charge in [-0.05, 0) is 17.7 Å². The molecule has 0 saturated heterocycles. The maximum atomic E-state index is 5.10. The third-order valence-corrected chi connectivity index (χ3v) is 2.36. The van der Waals surface area contributed by atoms with Gasteiger partial charge >= 0.3 is 0 Å². The highest BCUT2D eigenvalue weighted by molar-refractivity contribution is 5.27. The van der Waals surface area contributed by atoms with Crippen LogP contribution >= 0.6 is 0 Å². The number of rotatable bonds is 5. The third-order valence-electron chi connectivity index (χ3n) is 2.36. The summed E-state index contributed by atoms with van der Waals surface area (Å²) in [5.74, 6) is 0.886. The molecule has 0 aliphatic rings. The smallest absolute Gasteiger partial charge is 0.118 e.